The number of rotatable bonds is 0. The number of hydrogen-bond donors (Lipinski definition) is 3. The minimum atomic E-state index is -1.01. The first-order chi connectivity index (χ1) is 7.11. The predicted molar refractivity (Wildman–Crippen MR) is 52.1 cm³/mol. The van der Waals surface area contributed by atoms with Crippen molar-refractivity contribution < 1.29 is 19.8 Å². The lowest BCUT2D eigenvalue weighted by molar-refractivity contribution is 0.127. The maximum atomic E-state index is 10.7. The fourth-order valence-corrected chi connectivity index (χ4v) is 1.40. The largest absolute Gasteiger partial charge is 0.465 e. The zero-order chi connectivity index (χ0) is 11.3. The second-order valence-corrected chi connectivity index (χ2v) is 3.29. The topological polar surface area (TPSA) is 93.1 Å². The maximum Gasteiger partial charge on any atom is 0.407 e. The highest BCUT2D eigenvalue weighted by atomic mass is 16.4. The number of carboxylic acid groups (broad SMARTS) is 2. The first-order valence-electron chi connectivity index (χ1n) is 4.77. The van der Waals surface area contributed by atoms with Crippen LogP contribution in [0.5, 0.6) is 0 Å². The Labute approximate surface area is 87.3 Å². The number of hydrogen-bond acceptors (Lipinski definition) is 3. The van der Waals surface area contributed by atoms with E-state index < -0.39 is 12.2 Å². The molecule has 86 valence electrons. The van der Waals surface area contributed by atoms with Crippen LogP contribution in [0.1, 0.15) is 0 Å². The molecule has 0 aromatic carbocycles. The van der Waals surface area contributed by atoms with Crippen molar-refractivity contribution in [2.45, 2.75) is 0 Å². The van der Waals surface area contributed by atoms with Crippen molar-refractivity contribution >= 4 is 12.2 Å². The zero-order valence-corrected chi connectivity index (χ0v) is 8.35. The molecule has 0 atom stereocenters. The molecule has 0 aromatic rings. The van der Waals surface area contributed by atoms with Gasteiger partial charge in [-0.2, -0.15) is 0 Å². The molecule has 1 heterocycles. The smallest absolute Gasteiger partial charge is 0.407 e. The van der Waals surface area contributed by atoms with Gasteiger partial charge in [0, 0.05) is 39.3 Å². The van der Waals surface area contributed by atoms with Gasteiger partial charge < -0.3 is 25.3 Å². The third-order valence-electron chi connectivity index (χ3n) is 2.30. The van der Waals surface area contributed by atoms with Gasteiger partial charge >= 0.3 is 12.2 Å². The number of amides is 2. The van der Waals surface area contributed by atoms with Crippen LogP contribution in [0.2, 0.25) is 0 Å². The highest BCUT2D eigenvalue weighted by Crippen LogP contribution is 1.96. The highest BCUT2D eigenvalue weighted by Gasteiger charge is 2.17. The summed E-state index contributed by atoms with van der Waals surface area (Å²) in [5, 5.41) is 20.6. The average molecular weight is 217 g/mol. The maximum absolute atomic E-state index is 10.7. The van der Waals surface area contributed by atoms with Crippen molar-refractivity contribution in [2.75, 3.05) is 39.3 Å². The summed E-state index contributed by atoms with van der Waals surface area (Å²) in [4.78, 5) is 23.9. The molecule has 2 amide bonds. The van der Waals surface area contributed by atoms with Gasteiger partial charge in [-0.3, -0.25) is 0 Å². The summed E-state index contributed by atoms with van der Waals surface area (Å²) in [7, 11) is 0. The van der Waals surface area contributed by atoms with Crippen LogP contribution >= 0.6 is 0 Å². The molecule has 1 aliphatic rings. The van der Waals surface area contributed by atoms with E-state index in [1.807, 2.05) is 0 Å². The van der Waals surface area contributed by atoms with Crippen molar-refractivity contribution in [1.82, 2.24) is 15.1 Å². The lowest BCUT2D eigenvalue weighted by atomic mass is 10.4. The summed E-state index contributed by atoms with van der Waals surface area (Å²) in [6.45, 7) is 2.34. The van der Waals surface area contributed by atoms with Crippen LogP contribution in [0, 0.1) is 0 Å². The van der Waals surface area contributed by atoms with E-state index in [-0.39, 0.29) is 13.1 Å². The van der Waals surface area contributed by atoms with Crippen LogP contribution in [-0.4, -0.2) is 71.5 Å². The van der Waals surface area contributed by atoms with Crippen LogP contribution in [0.3, 0.4) is 0 Å². The second-order valence-electron chi connectivity index (χ2n) is 3.29. The van der Waals surface area contributed by atoms with E-state index in [0.29, 0.717) is 26.2 Å². The summed E-state index contributed by atoms with van der Waals surface area (Å²) in [5.41, 5.74) is 0. The molecule has 0 saturated carbocycles. The van der Waals surface area contributed by atoms with Gasteiger partial charge in [-0.05, 0) is 0 Å². The molecule has 1 aliphatic heterocycles. The van der Waals surface area contributed by atoms with Gasteiger partial charge in [-0.25, -0.2) is 9.59 Å². The Morgan fingerprint density at radius 3 is 1.60 bits per heavy atom. The molecular formula is C8H15N3O4. The van der Waals surface area contributed by atoms with Gasteiger partial charge in [0.2, 0.25) is 0 Å². The summed E-state index contributed by atoms with van der Waals surface area (Å²) >= 11 is 0. The SMILES string of the molecule is O=C(O)N1CCNCCN(C(=O)O)CC1. The predicted octanol–water partition coefficient (Wildman–Crippen LogP) is -0.450. The third kappa shape index (κ3) is 3.62. The van der Waals surface area contributed by atoms with Crippen LogP contribution in [0.25, 0.3) is 0 Å². The minimum Gasteiger partial charge on any atom is -0.465 e. The molecule has 1 rings (SSSR count). The van der Waals surface area contributed by atoms with E-state index in [1.54, 1.807) is 0 Å². The van der Waals surface area contributed by atoms with Gasteiger partial charge in [0.05, 0.1) is 0 Å². The van der Waals surface area contributed by atoms with Crippen LogP contribution < -0.4 is 5.32 Å². The van der Waals surface area contributed by atoms with E-state index in [0.717, 1.165) is 0 Å². The summed E-state index contributed by atoms with van der Waals surface area (Å²) in [5.74, 6) is 0. The van der Waals surface area contributed by atoms with E-state index >= 15 is 0 Å². The quantitative estimate of drug-likeness (QED) is 0.511. The Kier molecular flexibility index (Phi) is 4.17. The van der Waals surface area contributed by atoms with E-state index in [2.05, 4.69) is 5.32 Å². The average Bonchev–Trinajstić information content (AvgIpc) is 2.27. The molecule has 0 spiro atoms. The molecule has 0 bridgehead atoms. The van der Waals surface area contributed by atoms with Crippen molar-refractivity contribution in [3.8, 4) is 0 Å². The first-order valence-corrected chi connectivity index (χ1v) is 4.77. The molecule has 1 saturated heterocycles. The Bertz CT molecular complexity index is 222. The second kappa shape index (κ2) is 5.40. The zero-order valence-electron chi connectivity index (χ0n) is 8.35. The molecule has 0 aromatic heterocycles. The molecule has 15 heavy (non-hydrogen) atoms. The van der Waals surface area contributed by atoms with Crippen LogP contribution in [-0.2, 0) is 0 Å². The third-order valence-corrected chi connectivity index (χ3v) is 2.30. The molecule has 7 nitrogen and oxygen atoms in total. The van der Waals surface area contributed by atoms with Crippen molar-refractivity contribution in [3.05, 3.63) is 0 Å². The minimum absolute atomic E-state index is 0.226. The van der Waals surface area contributed by atoms with Gasteiger partial charge in [-0.15, -0.1) is 0 Å². The monoisotopic (exact) mass is 217 g/mol. The van der Waals surface area contributed by atoms with Crippen molar-refractivity contribution in [3.63, 3.8) is 0 Å². The van der Waals surface area contributed by atoms with E-state index in [1.165, 1.54) is 9.80 Å². The van der Waals surface area contributed by atoms with Crippen LogP contribution in [0.15, 0.2) is 0 Å². The molecule has 0 unspecified atom stereocenters. The lowest BCUT2D eigenvalue weighted by Gasteiger charge is -2.21. The highest BCUT2D eigenvalue weighted by molar-refractivity contribution is 5.66. The standard InChI is InChI=1S/C8H15N3O4/c12-7(13)10-3-1-9-2-4-11(6-5-10)8(14)15/h9H,1-6H2,(H,12,13)(H,14,15). The molecular weight excluding hydrogens is 202 g/mol. The normalized spacial score (nSPS) is 18.9. The van der Waals surface area contributed by atoms with Gasteiger partial charge in [0.1, 0.15) is 0 Å². The molecule has 0 aliphatic carbocycles. The van der Waals surface area contributed by atoms with Gasteiger partial charge in [-0.1, -0.05) is 0 Å². The fourth-order valence-electron chi connectivity index (χ4n) is 1.40. The summed E-state index contributed by atoms with van der Waals surface area (Å²) in [6, 6.07) is 0. The van der Waals surface area contributed by atoms with Crippen molar-refractivity contribution in [2.24, 2.45) is 0 Å². The molecule has 0 radical (unpaired) electrons. The Morgan fingerprint density at radius 2 is 1.27 bits per heavy atom. The number of carbonyl (C=O) groups is 2. The Morgan fingerprint density at radius 1 is 0.867 bits per heavy atom. The summed E-state index contributed by atoms with van der Waals surface area (Å²) in [6.07, 6.45) is -2.02. The van der Waals surface area contributed by atoms with Gasteiger partial charge in [0.25, 0.3) is 0 Å². The molecule has 3 N–H and O–H groups in total. The lowest BCUT2D eigenvalue weighted by Crippen LogP contribution is -2.40. The molecule has 7 heteroatoms. The summed E-state index contributed by atoms with van der Waals surface area (Å²) < 4.78 is 0. The van der Waals surface area contributed by atoms with Crippen molar-refractivity contribution in [1.29, 1.82) is 0 Å². The Balaban J connectivity index is 2.54. The van der Waals surface area contributed by atoms with E-state index in [9.17, 15) is 9.59 Å². The van der Waals surface area contributed by atoms with E-state index in [4.69, 9.17) is 10.2 Å². The molecule has 1 fully saturated rings. The van der Waals surface area contributed by atoms with Gasteiger partial charge in [0.15, 0.2) is 0 Å². The number of nitrogens with one attached hydrogen (secondary N) is 1. The first kappa shape index (κ1) is 11.6. The number of nitrogens with zero attached hydrogens (tertiary/aromatic N) is 2. The van der Waals surface area contributed by atoms with Crippen LogP contribution in [0.4, 0.5) is 9.59 Å². The Hall–Kier alpha value is -1.50. The fraction of sp³-hybridized carbons (Fsp3) is 0.750.